The average Bonchev–Trinajstić information content (AvgIpc) is 2.78. The fourth-order valence-electron chi connectivity index (χ4n) is 2.60. The molecule has 6 heteroatoms. The lowest BCUT2D eigenvalue weighted by atomic mass is 10.2. The Morgan fingerprint density at radius 2 is 1.67 bits per heavy atom. The number of thioether (sulfide) groups is 1. The van der Waals surface area contributed by atoms with Crippen molar-refractivity contribution in [2.45, 2.75) is 4.90 Å². The summed E-state index contributed by atoms with van der Waals surface area (Å²) in [5, 5.41) is 5.67. The van der Waals surface area contributed by atoms with Crippen molar-refractivity contribution < 1.29 is 14.3 Å². The third-order valence-electron chi connectivity index (χ3n) is 4.07. The number of rotatable bonds is 8. The van der Waals surface area contributed by atoms with Crippen LogP contribution in [-0.2, 0) is 9.59 Å². The molecule has 2 N–H and O–H groups in total. The van der Waals surface area contributed by atoms with Crippen LogP contribution >= 0.6 is 11.8 Å². The summed E-state index contributed by atoms with van der Waals surface area (Å²) >= 11 is 1.42. The van der Waals surface area contributed by atoms with Gasteiger partial charge in [-0.1, -0.05) is 36.4 Å². The van der Waals surface area contributed by atoms with Gasteiger partial charge in [0.15, 0.2) is 0 Å². The zero-order chi connectivity index (χ0) is 21.2. The van der Waals surface area contributed by atoms with Gasteiger partial charge in [-0.05, 0) is 48.0 Å². The first-order chi connectivity index (χ1) is 14.6. The van der Waals surface area contributed by atoms with Gasteiger partial charge in [-0.3, -0.25) is 9.59 Å². The van der Waals surface area contributed by atoms with Crippen LogP contribution in [0.4, 0.5) is 11.4 Å². The minimum Gasteiger partial charge on any atom is -0.497 e. The van der Waals surface area contributed by atoms with Gasteiger partial charge in [-0.15, -0.1) is 11.8 Å². The summed E-state index contributed by atoms with van der Waals surface area (Å²) < 4.78 is 5.15. The molecular weight excluding hydrogens is 396 g/mol. The molecule has 0 heterocycles. The van der Waals surface area contributed by atoms with E-state index in [4.69, 9.17) is 4.74 Å². The number of methoxy groups -OCH3 is 1. The van der Waals surface area contributed by atoms with E-state index in [2.05, 4.69) is 10.6 Å². The summed E-state index contributed by atoms with van der Waals surface area (Å²) in [7, 11) is 1.59. The predicted molar refractivity (Wildman–Crippen MR) is 123 cm³/mol. The molecule has 0 aliphatic carbocycles. The van der Waals surface area contributed by atoms with Crippen molar-refractivity contribution in [2.24, 2.45) is 0 Å². The maximum absolute atomic E-state index is 12.1. The Bertz CT molecular complexity index is 1020. The molecule has 5 nitrogen and oxygen atoms in total. The molecule has 0 aromatic heterocycles. The number of carbonyl (C=O) groups is 2. The first kappa shape index (κ1) is 21.2. The van der Waals surface area contributed by atoms with E-state index in [0.29, 0.717) is 17.1 Å². The minimum atomic E-state index is -0.197. The monoisotopic (exact) mass is 418 g/mol. The second-order valence-electron chi connectivity index (χ2n) is 6.33. The Balaban J connectivity index is 1.46. The van der Waals surface area contributed by atoms with E-state index >= 15 is 0 Å². The number of benzene rings is 3. The third kappa shape index (κ3) is 6.83. The van der Waals surface area contributed by atoms with Crippen LogP contribution < -0.4 is 15.4 Å². The summed E-state index contributed by atoms with van der Waals surface area (Å²) in [6.45, 7) is 0. The molecule has 3 rings (SSSR count). The maximum Gasteiger partial charge on any atom is 0.248 e. The highest BCUT2D eigenvalue weighted by atomic mass is 32.2. The van der Waals surface area contributed by atoms with Crippen LogP contribution in [0.1, 0.15) is 5.56 Å². The number of hydrogen-bond acceptors (Lipinski definition) is 4. The largest absolute Gasteiger partial charge is 0.497 e. The molecule has 0 saturated heterocycles. The second kappa shape index (κ2) is 10.9. The van der Waals surface area contributed by atoms with Crippen LogP contribution in [0.25, 0.3) is 6.08 Å². The van der Waals surface area contributed by atoms with Crippen molar-refractivity contribution in [1.82, 2.24) is 0 Å². The lowest BCUT2D eigenvalue weighted by Gasteiger charge is -2.07. The first-order valence-corrected chi connectivity index (χ1v) is 10.3. The molecule has 152 valence electrons. The first-order valence-electron chi connectivity index (χ1n) is 9.33. The lowest BCUT2D eigenvalue weighted by Crippen LogP contribution is -2.13. The van der Waals surface area contributed by atoms with E-state index in [1.807, 2.05) is 72.8 Å². The average molecular weight is 419 g/mol. The zero-order valence-corrected chi connectivity index (χ0v) is 17.3. The van der Waals surface area contributed by atoms with Crippen LogP contribution in [0.5, 0.6) is 5.75 Å². The van der Waals surface area contributed by atoms with Gasteiger partial charge in [0.2, 0.25) is 11.8 Å². The molecule has 3 aromatic carbocycles. The van der Waals surface area contributed by atoms with E-state index in [1.165, 1.54) is 17.8 Å². The molecule has 0 unspecified atom stereocenters. The van der Waals surface area contributed by atoms with Gasteiger partial charge in [-0.25, -0.2) is 0 Å². The van der Waals surface area contributed by atoms with E-state index in [-0.39, 0.29) is 17.6 Å². The number of nitrogens with one attached hydrogen (secondary N) is 2. The summed E-state index contributed by atoms with van der Waals surface area (Å²) in [5.74, 6) is 0.674. The standard InChI is InChI=1S/C24H22N2O3S/c1-29-21-9-5-8-20(16-21)26-24(28)17-30-22-13-11-19(12-14-22)25-23(27)15-10-18-6-3-2-4-7-18/h2-16H,17H2,1H3,(H,25,27)(H,26,28)/b15-10+. The van der Waals surface area contributed by atoms with Gasteiger partial charge < -0.3 is 15.4 Å². The van der Waals surface area contributed by atoms with Gasteiger partial charge in [-0.2, -0.15) is 0 Å². The van der Waals surface area contributed by atoms with Crippen molar-refractivity contribution in [3.05, 3.63) is 90.5 Å². The van der Waals surface area contributed by atoms with Gasteiger partial charge in [0.05, 0.1) is 12.9 Å². The fourth-order valence-corrected chi connectivity index (χ4v) is 3.30. The van der Waals surface area contributed by atoms with Crippen molar-refractivity contribution in [3.63, 3.8) is 0 Å². The Morgan fingerprint density at radius 3 is 2.40 bits per heavy atom. The van der Waals surface area contributed by atoms with Crippen molar-refractivity contribution in [3.8, 4) is 5.75 Å². The van der Waals surface area contributed by atoms with Crippen molar-refractivity contribution >= 4 is 41.0 Å². The molecule has 0 bridgehead atoms. The molecule has 0 fully saturated rings. The summed E-state index contributed by atoms with van der Waals surface area (Å²) in [5.41, 5.74) is 2.36. The Hall–Kier alpha value is -3.51. The molecular formula is C24H22N2O3S. The molecule has 3 aromatic rings. The Labute approximate surface area is 180 Å². The SMILES string of the molecule is COc1cccc(NC(=O)CSc2ccc(NC(=O)/C=C/c3ccccc3)cc2)c1. The minimum absolute atomic E-state index is 0.100. The lowest BCUT2D eigenvalue weighted by molar-refractivity contribution is -0.114. The number of anilines is 2. The number of amides is 2. The van der Waals surface area contributed by atoms with E-state index < -0.39 is 0 Å². The van der Waals surface area contributed by atoms with Crippen molar-refractivity contribution in [1.29, 1.82) is 0 Å². The fraction of sp³-hybridized carbons (Fsp3) is 0.0833. The molecule has 0 radical (unpaired) electrons. The number of carbonyl (C=O) groups excluding carboxylic acids is 2. The molecule has 0 spiro atoms. The quantitative estimate of drug-likeness (QED) is 0.396. The highest BCUT2D eigenvalue weighted by Crippen LogP contribution is 2.22. The van der Waals surface area contributed by atoms with E-state index in [1.54, 1.807) is 19.3 Å². The number of hydrogen-bond donors (Lipinski definition) is 2. The summed E-state index contributed by atoms with van der Waals surface area (Å²) in [4.78, 5) is 25.1. The van der Waals surface area contributed by atoms with Crippen LogP contribution in [0.15, 0.2) is 89.8 Å². The molecule has 0 aliphatic rings. The van der Waals surface area contributed by atoms with Gasteiger partial charge in [0.25, 0.3) is 0 Å². The molecule has 0 aliphatic heterocycles. The highest BCUT2D eigenvalue weighted by Gasteiger charge is 2.05. The van der Waals surface area contributed by atoms with Gasteiger partial charge in [0.1, 0.15) is 5.75 Å². The molecule has 30 heavy (non-hydrogen) atoms. The zero-order valence-electron chi connectivity index (χ0n) is 16.5. The van der Waals surface area contributed by atoms with Crippen LogP contribution in [0.2, 0.25) is 0 Å². The summed E-state index contributed by atoms with van der Waals surface area (Å²) in [6, 6.07) is 24.2. The summed E-state index contributed by atoms with van der Waals surface area (Å²) in [6.07, 6.45) is 3.27. The molecule has 2 amide bonds. The van der Waals surface area contributed by atoms with Crippen LogP contribution in [0, 0.1) is 0 Å². The maximum atomic E-state index is 12.1. The Morgan fingerprint density at radius 1 is 0.900 bits per heavy atom. The topological polar surface area (TPSA) is 67.4 Å². The normalized spacial score (nSPS) is 10.6. The predicted octanol–water partition coefficient (Wildman–Crippen LogP) is 5.08. The van der Waals surface area contributed by atoms with Crippen LogP contribution in [0.3, 0.4) is 0 Å². The van der Waals surface area contributed by atoms with E-state index in [0.717, 1.165) is 10.5 Å². The van der Waals surface area contributed by atoms with Crippen molar-refractivity contribution in [2.75, 3.05) is 23.5 Å². The molecule has 0 atom stereocenters. The van der Waals surface area contributed by atoms with Crippen LogP contribution in [-0.4, -0.2) is 24.7 Å². The van der Waals surface area contributed by atoms with Gasteiger partial charge >= 0.3 is 0 Å². The third-order valence-corrected chi connectivity index (χ3v) is 5.08. The van der Waals surface area contributed by atoms with Gasteiger partial charge in [0, 0.05) is 28.4 Å². The highest BCUT2D eigenvalue weighted by molar-refractivity contribution is 8.00. The molecule has 0 saturated carbocycles. The Kier molecular flexibility index (Phi) is 7.69. The van der Waals surface area contributed by atoms with E-state index in [9.17, 15) is 9.59 Å². The number of ether oxygens (including phenoxy) is 1. The second-order valence-corrected chi connectivity index (χ2v) is 7.38. The smallest absolute Gasteiger partial charge is 0.248 e.